The molecule has 0 saturated carbocycles. The van der Waals surface area contributed by atoms with Gasteiger partial charge >= 0.3 is 0 Å². The van der Waals surface area contributed by atoms with Crippen LogP contribution in [0.15, 0.2) is 215 Å². The zero-order chi connectivity index (χ0) is 40.0. The van der Waals surface area contributed by atoms with E-state index in [0.717, 1.165) is 78.0 Å². The van der Waals surface area contributed by atoms with Crippen LogP contribution in [0.4, 0.5) is 34.1 Å². The smallest absolute Gasteiger partial charge is 0.135 e. The van der Waals surface area contributed by atoms with Crippen LogP contribution in [0.1, 0.15) is 0 Å². The number of fused-ring (bicyclic) bond motifs is 11. The molecule has 61 heavy (non-hydrogen) atoms. The van der Waals surface area contributed by atoms with Crippen molar-refractivity contribution in [1.29, 1.82) is 0 Å². The van der Waals surface area contributed by atoms with E-state index < -0.39 is 0 Å². The van der Waals surface area contributed by atoms with Crippen LogP contribution in [0, 0.1) is 0 Å². The van der Waals surface area contributed by atoms with Crippen LogP contribution in [-0.2, 0) is 0 Å². The third-order valence-electron chi connectivity index (χ3n) is 12.1. The summed E-state index contributed by atoms with van der Waals surface area (Å²) >= 11 is 1.87. The van der Waals surface area contributed by atoms with Gasteiger partial charge in [-0.2, -0.15) is 0 Å². The summed E-state index contributed by atoms with van der Waals surface area (Å²) in [6.45, 7) is 0. The molecule has 13 rings (SSSR count). The number of nitrogens with zero attached hydrogens (tertiary/aromatic N) is 2. The molecule has 4 nitrogen and oxygen atoms in total. The Morgan fingerprint density at radius 2 is 0.656 bits per heavy atom. The highest BCUT2D eigenvalue weighted by Crippen LogP contribution is 2.44. The van der Waals surface area contributed by atoms with Gasteiger partial charge in [-0.05, 0) is 143 Å². The maximum Gasteiger partial charge on any atom is 0.135 e. The predicted molar refractivity (Wildman–Crippen MR) is 258 cm³/mol. The average molecular weight is 799 g/mol. The molecule has 0 spiro atoms. The Balaban J connectivity index is 0.945. The largest absolute Gasteiger partial charge is 0.456 e. The van der Waals surface area contributed by atoms with Crippen LogP contribution in [0.5, 0.6) is 0 Å². The van der Waals surface area contributed by atoms with Crippen molar-refractivity contribution in [1.82, 2.24) is 0 Å². The highest BCUT2D eigenvalue weighted by Gasteiger charge is 2.19. The summed E-state index contributed by atoms with van der Waals surface area (Å²) in [6.07, 6.45) is 0. The van der Waals surface area contributed by atoms with Crippen molar-refractivity contribution in [2.75, 3.05) is 9.80 Å². The van der Waals surface area contributed by atoms with E-state index in [1.54, 1.807) is 0 Å². The van der Waals surface area contributed by atoms with E-state index in [1.807, 2.05) is 35.6 Å². The zero-order valence-corrected chi connectivity index (χ0v) is 33.6. The first-order chi connectivity index (χ1) is 30.2. The summed E-state index contributed by atoms with van der Waals surface area (Å²) in [5.74, 6) is 0. The normalized spacial score (nSPS) is 11.9. The number of anilines is 6. The van der Waals surface area contributed by atoms with Crippen molar-refractivity contribution in [3.05, 3.63) is 206 Å². The van der Waals surface area contributed by atoms with Gasteiger partial charge in [0, 0.05) is 75.8 Å². The average Bonchev–Trinajstić information content (AvgIpc) is 3.99. The summed E-state index contributed by atoms with van der Waals surface area (Å²) in [5, 5.41) is 11.8. The lowest BCUT2D eigenvalue weighted by Crippen LogP contribution is -2.09. The van der Waals surface area contributed by atoms with Crippen molar-refractivity contribution in [2.24, 2.45) is 0 Å². The number of furan rings is 2. The van der Waals surface area contributed by atoms with Crippen LogP contribution in [0.2, 0.25) is 0 Å². The first-order valence-corrected chi connectivity index (χ1v) is 21.4. The third-order valence-corrected chi connectivity index (χ3v) is 13.3. The molecular formula is C56H34N2O2S. The fourth-order valence-electron chi connectivity index (χ4n) is 9.27. The highest BCUT2D eigenvalue weighted by molar-refractivity contribution is 7.26. The van der Waals surface area contributed by atoms with Gasteiger partial charge in [0.1, 0.15) is 22.3 Å². The maximum atomic E-state index is 6.21. The van der Waals surface area contributed by atoms with Gasteiger partial charge in [-0.1, -0.05) is 84.9 Å². The standard InChI is InChI=1S/C56H34N2O2S/c1-3-11-39(12-4-1)57(43-23-25-53-47(33-43)45-15-7-9-17-51(45)59-53)41-21-19-35-31-55-49(29-37(35)27-41)50-30-38-28-42(22-20-36(38)32-56(50)61-55)58(40-13-5-2-6-14-40)44-24-26-54-48(34-44)46-16-8-10-18-52(46)60-54/h1-34H. The van der Waals surface area contributed by atoms with Crippen molar-refractivity contribution < 1.29 is 8.83 Å². The Morgan fingerprint density at radius 1 is 0.262 bits per heavy atom. The van der Waals surface area contributed by atoms with Gasteiger partial charge < -0.3 is 18.6 Å². The molecule has 0 aliphatic heterocycles. The first kappa shape index (κ1) is 34.0. The van der Waals surface area contributed by atoms with Gasteiger partial charge in [0.25, 0.3) is 0 Å². The number of hydrogen-bond donors (Lipinski definition) is 0. The number of thiophene rings is 1. The number of benzene rings is 10. The van der Waals surface area contributed by atoms with Crippen LogP contribution in [-0.4, -0.2) is 0 Å². The second-order valence-corrected chi connectivity index (χ2v) is 16.8. The lowest BCUT2D eigenvalue weighted by Gasteiger charge is -2.26. The van der Waals surface area contributed by atoms with Crippen LogP contribution in [0.3, 0.4) is 0 Å². The molecule has 0 saturated heterocycles. The first-order valence-electron chi connectivity index (χ1n) is 20.6. The predicted octanol–water partition coefficient (Wildman–Crippen LogP) is 17.1. The minimum atomic E-state index is 0.889. The Morgan fingerprint density at radius 3 is 1.13 bits per heavy atom. The molecule has 0 amide bonds. The second-order valence-electron chi connectivity index (χ2n) is 15.8. The van der Waals surface area contributed by atoms with Gasteiger partial charge in [-0.15, -0.1) is 11.3 Å². The summed E-state index contributed by atoms with van der Waals surface area (Å²) in [5.41, 5.74) is 10.1. The van der Waals surface area contributed by atoms with E-state index in [-0.39, 0.29) is 0 Å². The van der Waals surface area contributed by atoms with Crippen molar-refractivity contribution in [3.8, 4) is 0 Å². The molecule has 0 bridgehead atoms. The molecule has 0 N–H and O–H groups in total. The van der Waals surface area contributed by atoms with Gasteiger partial charge in [-0.25, -0.2) is 0 Å². The molecule has 0 fully saturated rings. The Hall–Kier alpha value is -7.86. The molecule has 5 heteroatoms. The van der Waals surface area contributed by atoms with Gasteiger partial charge in [0.2, 0.25) is 0 Å². The summed E-state index contributed by atoms with van der Waals surface area (Å²) in [7, 11) is 0. The van der Waals surface area contributed by atoms with E-state index in [1.165, 1.54) is 41.7 Å². The third kappa shape index (κ3) is 5.52. The van der Waals surface area contributed by atoms with Gasteiger partial charge in [0.05, 0.1) is 0 Å². The van der Waals surface area contributed by atoms with E-state index in [4.69, 9.17) is 8.83 Å². The minimum absolute atomic E-state index is 0.889. The molecule has 10 aromatic carbocycles. The Kier molecular flexibility index (Phi) is 7.44. The van der Waals surface area contributed by atoms with E-state index >= 15 is 0 Å². The van der Waals surface area contributed by atoms with Crippen molar-refractivity contribution >= 4 is 131 Å². The monoisotopic (exact) mass is 798 g/mol. The molecule has 0 radical (unpaired) electrons. The molecule has 13 aromatic rings. The Bertz CT molecular complexity index is 3590. The van der Waals surface area contributed by atoms with Crippen LogP contribution >= 0.6 is 11.3 Å². The van der Waals surface area contributed by atoms with E-state index in [2.05, 4.69) is 192 Å². The summed E-state index contributed by atoms with van der Waals surface area (Å²) in [4.78, 5) is 4.69. The molecule has 0 atom stereocenters. The molecular weight excluding hydrogens is 765 g/mol. The second kappa shape index (κ2) is 13.3. The quantitative estimate of drug-likeness (QED) is 0.168. The fourth-order valence-corrected chi connectivity index (χ4v) is 10.4. The topological polar surface area (TPSA) is 32.8 Å². The Labute approximate surface area is 354 Å². The van der Waals surface area contributed by atoms with Gasteiger partial charge in [0.15, 0.2) is 0 Å². The zero-order valence-electron chi connectivity index (χ0n) is 32.7. The molecule has 0 aliphatic rings. The lowest BCUT2D eigenvalue weighted by atomic mass is 10.0. The molecule has 3 aromatic heterocycles. The highest BCUT2D eigenvalue weighted by atomic mass is 32.1. The lowest BCUT2D eigenvalue weighted by molar-refractivity contribution is 0.668. The summed E-state index contributed by atoms with van der Waals surface area (Å²) < 4.78 is 15.0. The van der Waals surface area contributed by atoms with Crippen molar-refractivity contribution in [3.63, 3.8) is 0 Å². The molecule has 0 aliphatic carbocycles. The molecule has 0 unspecified atom stereocenters. The maximum absolute atomic E-state index is 6.21. The van der Waals surface area contributed by atoms with E-state index in [0.29, 0.717) is 0 Å². The van der Waals surface area contributed by atoms with Crippen molar-refractivity contribution in [2.45, 2.75) is 0 Å². The molecule has 286 valence electrons. The van der Waals surface area contributed by atoms with Crippen LogP contribution in [0.25, 0.3) is 85.6 Å². The number of rotatable bonds is 6. The SMILES string of the molecule is c1ccc(N(c2ccc3cc4sc5cc6ccc(N(c7ccccc7)c7ccc8oc9ccccc9c8c7)cc6cc5c4cc3c2)c2ccc3oc4ccccc4c3c2)cc1. The number of hydrogen-bond acceptors (Lipinski definition) is 5. The van der Waals surface area contributed by atoms with Gasteiger partial charge in [-0.3, -0.25) is 0 Å². The van der Waals surface area contributed by atoms with Crippen LogP contribution < -0.4 is 9.80 Å². The minimum Gasteiger partial charge on any atom is -0.456 e. The fraction of sp³-hybridized carbons (Fsp3) is 0. The summed E-state index contributed by atoms with van der Waals surface area (Å²) in [6, 6.07) is 74.0. The molecule has 3 heterocycles. The number of para-hydroxylation sites is 4. The van der Waals surface area contributed by atoms with E-state index in [9.17, 15) is 0 Å².